The van der Waals surface area contributed by atoms with E-state index in [1.54, 1.807) is 63.2 Å². The van der Waals surface area contributed by atoms with Crippen molar-refractivity contribution < 1.29 is 40.3 Å². The zero-order valence-electron chi connectivity index (χ0n) is 25.3. The molecule has 3 aromatic carbocycles. The maximum absolute atomic E-state index is 13.9. The Hall–Kier alpha value is -4.36. The number of oxazole rings is 1. The molecule has 0 spiro atoms. The fourth-order valence-electron chi connectivity index (χ4n) is 4.55. The van der Waals surface area contributed by atoms with Gasteiger partial charge < -0.3 is 13.9 Å². The van der Waals surface area contributed by atoms with E-state index in [0.717, 1.165) is 22.0 Å². The van der Waals surface area contributed by atoms with Crippen LogP contribution in [-0.2, 0) is 39.1 Å². The van der Waals surface area contributed by atoms with Crippen LogP contribution in [0.5, 0.6) is 5.75 Å². The van der Waals surface area contributed by atoms with Crippen LogP contribution in [0.25, 0.3) is 11.5 Å². The van der Waals surface area contributed by atoms with E-state index in [1.165, 1.54) is 16.4 Å². The summed E-state index contributed by atoms with van der Waals surface area (Å²) < 4.78 is 85.5. The summed E-state index contributed by atoms with van der Waals surface area (Å²) in [5, 5.41) is 0. The van der Waals surface area contributed by atoms with Crippen LogP contribution in [0.1, 0.15) is 42.0 Å². The van der Waals surface area contributed by atoms with Crippen molar-refractivity contribution in [1.29, 1.82) is 0 Å². The molecular weight excluding hydrogens is 611 g/mol. The lowest BCUT2D eigenvalue weighted by Gasteiger charge is -2.30. The maximum Gasteiger partial charge on any atom is 0.416 e. The minimum absolute atomic E-state index is 0.0127. The van der Waals surface area contributed by atoms with Gasteiger partial charge in [0.2, 0.25) is 5.89 Å². The second kappa shape index (κ2) is 14.2. The summed E-state index contributed by atoms with van der Waals surface area (Å²) in [5.41, 5.74) is 1.97. The molecule has 0 amide bonds. The number of rotatable bonds is 13. The molecule has 4 rings (SSSR count). The van der Waals surface area contributed by atoms with Crippen molar-refractivity contribution in [3.8, 4) is 17.2 Å². The van der Waals surface area contributed by atoms with E-state index in [1.807, 2.05) is 13.0 Å². The fourth-order valence-corrected chi connectivity index (χ4v) is 6.11. The van der Waals surface area contributed by atoms with Gasteiger partial charge in [0, 0.05) is 18.7 Å². The first kappa shape index (κ1) is 33.5. The molecule has 240 valence electrons. The second-order valence-electron chi connectivity index (χ2n) is 10.1. The standard InChI is InChI=1S/C32H34F3N3O6S/c1-5-38(27-11-7-9-22(3)17-27)45(40,41)37(20-30(39)42-6-2)19-24-10-8-12-28(18-24)43-21-29-23(4)44-31(36-29)25-13-15-26(16-14-25)32(33,34)35/h7-18H,5-6,19-21H2,1-4H3. The zero-order valence-corrected chi connectivity index (χ0v) is 26.1. The van der Waals surface area contributed by atoms with Crippen LogP contribution in [0.3, 0.4) is 0 Å². The monoisotopic (exact) mass is 645 g/mol. The molecule has 1 aromatic heterocycles. The summed E-state index contributed by atoms with van der Waals surface area (Å²) in [5.74, 6) is 0.315. The molecule has 0 unspecified atom stereocenters. The van der Waals surface area contributed by atoms with Gasteiger partial charge in [0.05, 0.1) is 17.9 Å². The number of anilines is 1. The molecule has 0 atom stereocenters. The van der Waals surface area contributed by atoms with Crippen molar-refractivity contribution in [2.45, 2.75) is 47.0 Å². The molecule has 1 heterocycles. The number of benzene rings is 3. The summed E-state index contributed by atoms with van der Waals surface area (Å²) in [6, 6.07) is 18.3. The largest absolute Gasteiger partial charge is 0.487 e. The van der Waals surface area contributed by atoms with Gasteiger partial charge in [-0.05, 0) is 87.4 Å². The van der Waals surface area contributed by atoms with Gasteiger partial charge in [-0.15, -0.1) is 0 Å². The number of carbonyl (C=O) groups is 1. The summed E-state index contributed by atoms with van der Waals surface area (Å²) in [7, 11) is -4.16. The Bertz CT molecular complexity index is 1720. The number of halogens is 3. The third kappa shape index (κ3) is 8.43. The van der Waals surface area contributed by atoms with Crippen LogP contribution >= 0.6 is 0 Å². The maximum atomic E-state index is 13.9. The number of hydrogen-bond acceptors (Lipinski definition) is 7. The number of esters is 1. The highest BCUT2D eigenvalue weighted by Gasteiger charge is 2.32. The van der Waals surface area contributed by atoms with Crippen molar-refractivity contribution in [2.24, 2.45) is 0 Å². The van der Waals surface area contributed by atoms with Gasteiger partial charge >= 0.3 is 22.4 Å². The van der Waals surface area contributed by atoms with Crippen molar-refractivity contribution in [3.05, 3.63) is 101 Å². The Kier molecular flexibility index (Phi) is 10.6. The number of hydrogen-bond donors (Lipinski definition) is 0. The topological polar surface area (TPSA) is 102 Å². The lowest BCUT2D eigenvalue weighted by atomic mass is 10.1. The molecule has 0 bridgehead atoms. The molecule has 45 heavy (non-hydrogen) atoms. The molecule has 0 saturated heterocycles. The quantitative estimate of drug-likeness (QED) is 0.149. The number of alkyl halides is 3. The second-order valence-corrected chi connectivity index (χ2v) is 12.0. The molecule has 9 nitrogen and oxygen atoms in total. The first-order chi connectivity index (χ1) is 21.3. The van der Waals surface area contributed by atoms with Crippen LogP contribution in [0, 0.1) is 13.8 Å². The van der Waals surface area contributed by atoms with Crippen molar-refractivity contribution >= 4 is 21.9 Å². The lowest BCUT2D eigenvalue weighted by molar-refractivity contribution is -0.143. The van der Waals surface area contributed by atoms with Gasteiger partial charge in [-0.1, -0.05) is 24.3 Å². The van der Waals surface area contributed by atoms with Gasteiger partial charge in [0.25, 0.3) is 0 Å². The molecule has 13 heteroatoms. The Morgan fingerprint density at radius 2 is 1.69 bits per heavy atom. The van der Waals surface area contributed by atoms with E-state index >= 15 is 0 Å². The SMILES string of the molecule is CCOC(=O)CN(Cc1cccc(OCc2nc(-c3ccc(C(F)(F)F)cc3)oc2C)c1)S(=O)(=O)N(CC)c1cccc(C)c1. The molecule has 0 aliphatic rings. The van der Waals surface area contributed by atoms with Crippen LogP contribution in [0.4, 0.5) is 18.9 Å². The van der Waals surface area contributed by atoms with Crippen molar-refractivity contribution in [1.82, 2.24) is 9.29 Å². The average Bonchev–Trinajstić information content (AvgIpc) is 3.36. The number of aromatic nitrogens is 1. The van der Waals surface area contributed by atoms with Crippen molar-refractivity contribution in [3.63, 3.8) is 0 Å². The first-order valence-corrected chi connectivity index (χ1v) is 15.6. The predicted octanol–water partition coefficient (Wildman–Crippen LogP) is 6.69. The van der Waals surface area contributed by atoms with Gasteiger partial charge in [-0.3, -0.25) is 9.10 Å². The smallest absolute Gasteiger partial charge is 0.416 e. The minimum atomic E-state index is -4.45. The summed E-state index contributed by atoms with van der Waals surface area (Å²) in [6.07, 6.45) is -4.45. The summed E-state index contributed by atoms with van der Waals surface area (Å²) in [6.45, 7) is 6.49. The molecule has 0 aliphatic heterocycles. The number of ether oxygens (including phenoxy) is 2. The van der Waals surface area contributed by atoms with Crippen LogP contribution in [-0.4, -0.2) is 43.4 Å². The third-order valence-electron chi connectivity index (χ3n) is 6.78. The highest BCUT2D eigenvalue weighted by atomic mass is 32.2. The minimum Gasteiger partial charge on any atom is -0.487 e. The Morgan fingerprint density at radius 1 is 0.978 bits per heavy atom. The Balaban J connectivity index is 1.52. The number of nitrogens with zero attached hydrogens (tertiary/aromatic N) is 3. The summed E-state index contributed by atoms with van der Waals surface area (Å²) in [4.78, 5) is 16.9. The van der Waals surface area contributed by atoms with Crippen molar-refractivity contribution in [2.75, 3.05) is 24.0 Å². The predicted molar refractivity (Wildman–Crippen MR) is 163 cm³/mol. The molecule has 0 aliphatic carbocycles. The van der Waals surface area contributed by atoms with E-state index in [0.29, 0.717) is 34.0 Å². The number of carbonyl (C=O) groups excluding carboxylic acids is 1. The molecule has 0 saturated carbocycles. The molecule has 0 N–H and O–H groups in total. The van der Waals surface area contributed by atoms with Gasteiger partial charge in [0.15, 0.2) is 0 Å². The van der Waals surface area contributed by atoms with E-state index in [2.05, 4.69) is 4.98 Å². The van der Waals surface area contributed by atoms with Crippen LogP contribution in [0.15, 0.2) is 77.2 Å². The van der Waals surface area contributed by atoms with E-state index in [-0.39, 0.29) is 32.2 Å². The van der Waals surface area contributed by atoms with Crippen LogP contribution in [0.2, 0.25) is 0 Å². The third-order valence-corrected chi connectivity index (χ3v) is 8.71. The van der Waals surface area contributed by atoms with Gasteiger partial charge in [0.1, 0.15) is 30.4 Å². The normalized spacial score (nSPS) is 11.9. The molecule has 0 fully saturated rings. The first-order valence-electron chi connectivity index (χ1n) is 14.2. The van der Waals surface area contributed by atoms with E-state index < -0.39 is 34.5 Å². The lowest BCUT2D eigenvalue weighted by Crippen LogP contribution is -2.46. The number of aryl methyl sites for hydroxylation is 2. The average molecular weight is 646 g/mol. The molecular formula is C32H34F3N3O6S. The van der Waals surface area contributed by atoms with Gasteiger partial charge in [-0.2, -0.15) is 25.9 Å². The van der Waals surface area contributed by atoms with Gasteiger partial charge in [-0.25, -0.2) is 4.98 Å². The highest BCUT2D eigenvalue weighted by Crippen LogP contribution is 2.31. The Morgan fingerprint density at radius 3 is 2.33 bits per heavy atom. The fraction of sp³-hybridized carbons (Fsp3) is 0.312. The Labute approximate surface area is 260 Å². The highest BCUT2D eigenvalue weighted by molar-refractivity contribution is 7.90. The molecule has 0 radical (unpaired) electrons. The van der Waals surface area contributed by atoms with E-state index in [4.69, 9.17) is 13.9 Å². The van der Waals surface area contributed by atoms with Crippen LogP contribution < -0.4 is 9.04 Å². The molecule has 4 aromatic rings. The van der Waals surface area contributed by atoms with E-state index in [9.17, 15) is 26.4 Å². The summed E-state index contributed by atoms with van der Waals surface area (Å²) >= 11 is 0. The zero-order chi connectivity index (χ0) is 32.8.